The summed E-state index contributed by atoms with van der Waals surface area (Å²) in [7, 11) is 0. The number of anilines is 1. The van der Waals surface area contributed by atoms with E-state index >= 15 is 0 Å². The van der Waals surface area contributed by atoms with Gasteiger partial charge in [0.1, 0.15) is 6.33 Å². The Hall–Kier alpha value is -4.14. The number of carboxylic acid groups (broad SMARTS) is 2. The number of alkyl halides is 6. The van der Waals surface area contributed by atoms with Crippen LogP contribution in [-0.4, -0.2) is 67.0 Å². The maximum Gasteiger partial charge on any atom is 0.490 e. The Balaban J connectivity index is 0.000000263. The smallest absolute Gasteiger partial charge is 0.475 e. The number of piperidine rings is 1. The van der Waals surface area contributed by atoms with Gasteiger partial charge in [0.25, 0.3) is 0 Å². The summed E-state index contributed by atoms with van der Waals surface area (Å²) in [6.45, 7) is 5.19. The molecule has 2 aliphatic heterocycles. The molecule has 0 unspecified atom stereocenters. The summed E-state index contributed by atoms with van der Waals surface area (Å²) in [6.07, 6.45) is -4.12. The number of aryl methyl sites for hydroxylation is 1. The number of halogens is 6. The molecule has 0 bridgehead atoms. The number of pyridine rings is 1. The van der Waals surface area contributed by atoms with Crippen molar-refractivity contribution in [2.45, 2.75) is 44.2 Å². The second kappa shape index (κ2) is 11.9. The van der Waals surface area contributed by atoms with Crippen LogP contribution in [0, 0.1) is 6.92 Å². The van der Waals surface area contributed by atoms with E-state index in [4.69, 9.17) is 24.8 Å². The van der Waals surface area contributed by atoms with Crippen LogP contribution in [0.25, 0.3) is 5.82 Å². The number of aliphatic carboxylic acids is 2. The fourth-order valence-electron chi connectivity index (χ4n) is 4.28. The lowest BCUT2D eigenvalue weighted by Gasteiger charge is -2.45. The molecule has 1 aromatic carbocycles. The van der Waals surface area contributed by atoms with E-state index in [1.54, 1.807) is 0 Å². The fraction of sp³-hybridized carbons (Fsp3) is 0.360. The Bertz CT molecular complexity index is 1300. The van der Waals surface area contributed by atoms with Crippen molar-refractivity contribution in [1.82, 2.24) is 19.4 Å². The van der Waals surface area contributed by atoms with Gasteiger partial charge in [-0.1, -0.05) is 30.3 Å². The van der Waals surface area contributed by atoms with Gasteiger partial charge in [-0.15, -0.1) is 0 Å². The lowest BCUT2D eigenvalue weighted by molar-refractivity contribution is -0.193. The average molecular weight is 573 g/mol. The summed E-state index contributed by atoms with van der Waals surface area (Å²) in [6, 6.07) is 15.0. The highest BCUT2D eigenvalue weighted by atomic mass is 19.4. The third kappa shape index (κ3) is 7.49. The van der Waals surface area contributed by atoms with Crippen molar-refractivity contribution in [2.75, 3.05) is 18.4 Å². The topological polar surface area (TPSA) is 121 Å². The molecule has 2 aliphatic rings. The Morgan fingerprint density at radius 1 is 0.950 bits per heavy atom. The van der Waals surface area contributed by atoms with E-state index in [9.17, 15) is 26.3 Å². The highest BCUT2D eigenvalue weighted by Crippen LogP contribution is 2.42. The molecule has 0 radical (unpaired) electrons. The van der Waals surface area contributed by atoms with Crippen molar-refractivity contribution < 1.29 is 46.1 Å². The van der Waals surface area contributed by atoms with Crippen LogP contribution in [0.15, 0.2) is 55.0 Å². The van der Waals surface area contributed by atoms with Gasteiger partial charge in [-0.2, -0.15) is 26.3 Å². The molecule has 0 atom stereocenters. The largest absolute Gasteiger partial charge is 0.490 e. The van der Waals surface area contributed by atoms with Gasteiger partial charge in [-0.3, -0.25) is 9.47 Å². The molecule has 15 heteroatoms. The molecule has 1 saturated heterocycles. The normalized spacial score (nSPS) is 15.8. The first-order valence-electron chi connectivity index (χ1n) is 11.8. The van der Waals surface area contributed by atoms with Gasteiger partial charge in [-0.25, -0.2) is 19.6 Å². The summed E-state index contributed by atoms with van der Waals surface area (Å²) < 4.78 is 65.6. The monoisotopic (exact) mass is 573 g/mol. The molecule has 3 aromatic rings. The molecule has 40 heavy (non-hydrogen) atoms. The molecule has 0 saturated carbocycles. The average Bonchev–Trinajstić information content (AvgIpc) is 3.38. The number of imidazole rings is 1. The molecule has 1 spiro atoms. The maximum atomic E-state index is 10.6. The quantitative estimate of drug-likeness (QED) is 0.376. The maximum absolute atomic E-state index is 10.6. The van der Waals surface area contributed by atoms with Crippen molar-refractivity contribution >= 4 is 17.6 Å². The minimum Gasteiger partial charge on any atom is -0.475 e. The Labute approximate surface area is 224 Å². The molecule has 4 heterocycles. The highest BCUT2D eigenvalue weighted by molar-refractivity contribution is 5.73. The summed E-state index contributed by atoms with van der Waals surface area (Å²) in [5.41, 5.74) is 4.71. The molecular formula is C25H25F6N5O4. The van der Waals surface area contributed by atoms with Crippen molar-refractivity contribution in [2.24, 2.45) is 0 Å². The van der Waals surface area contributed by atoms with E-state index < -0.39 is 24.3 Å². The lowest BCUT2D eigenvalue weighted by Crippen LogP contribution is -2.49. The van der Waals surface area contributed by atoms with E-state index in [2.05, 4.69) is 62.2 Å². The number of rotatable bonds is 2. The molecule has 2 aromatic heterocycles. The first kappa shape index (κ1) is 30.4. The minimum absolute atomic E-state index is 0.0480. The third-order valence-corrected chi connectivity index (χ3v) is 6.19. The predicted molar refractivity (Wildman–Crippen MR) is 130 cm³/mol. The number of hydrogen-bond acceptors (Lipinski definition) is 6. The van der Waals surface area contributed by atoms with E-state index in [0.29, 0.717) is 0 Å². The van der Waals surface area contributed by atoms with E-state index in [1.807, 2.05) is 19.4 Å². The zero-order valence-corrected chi connectivity index (χ0v) is 21.0. The highest BCUT2D eigenvalue weighted by Gasteiger charge is 2.42. The molecule has 0 aliphatic carbocycles. The third-order valence-electron chi connectivity index (χ3n) is 6.19. The number of hydrogen-bond donors (Lipinski definition) is 3. The van der Waals surface area contributed by atoms with Gasteiger partial charge < -0.3 is 15.5 Å². The molecule has 9 nitrogen and oxygen atoms in total. The standard InChI is InChI=1S/C21H23N5.2C2HF3O2/c1-16-7-8-18-20(23-16)26-15-22-13-19(26)21(24-18)9-11-25(12-10-21)14-17-5-3-2-4-6-17;2*3-2(4,5)1(6)7/h2-8,13,15,24H,9-12,14H2,1H3;2*(H,6,7). The number of nitrogens with one attached hydrogen (secondary N) is 1. The minimum atomic E-state index is -5.08. The van der Waals surface area contributed by atoms with E-state index in [0.717, 1.165) is 49.7 Å². The second-order valence-corrected chi connectivity index (χ2v) is 9.05. The zero-order chi connectivity index (χ0) is 29.7. The number of nitrogens with zero attached hydrogens (tertiary/aromatic N) is 4. The number of carboxylic acids is 2. The SMILES string of the molecule is Cc1ccc2c(n1)-n1cncc1C1(CCN(Cc3ccccc3)CC1)N2.O=C(O)C(F)(F)F.O=C(O)C(F)(F)F. The lowest BCUT2D eigenvalue weighted by atomic mass is 9.82. The summed E-state index contributed by atoms with van der Waals surface area (Å²) in [5.74, 6) is -4.55. The van der Waals surface area contributed by atoms with Gasteiger partial charge in [0.05, 0.1) is 23.1 Å². The predicted octanol–water partition coefficient (Wildman–Crippen LogP) is 4.76. The summed E-state index contributed by atoms with van der Waals surface area (Å²) >= 11 is 0. The van der Waals surface area contributed by atoms with Crippen LogP contribution in [0.5, 0.6) is 0 Å². The van der Waals surface area contributed by atoms with Gasteiger partial charge in [-0.05, 0) is 37.5 Å². The summed E-state index contributed by atoms with van der Waals surface area (Å²) in [4.78, 5) is 29.5. The van der Waals surface area contributed by atoms with Crippen LogP contribution in [-0.2, 0) is 21.7 Å². The molecule has 5 rings (SSSR count). The number of benzene rings is 1. The number of carbonyl (C=O) groups is 2. The van der Waals surface area contributed by atoms with E-state index in [-0.39, 0.29) is 5.54 Å². The van der Waals surface area contributed by atoms with Crippen LogP contribution >= 0.6 is 0 Å². The first-order valence-corrected chi connectivity index (χ1v) is 11.8. The van der Waals surface area contributed by atoms with Crippen LogP contribution < -0.4 is 5.32 Å². The molecule has 0 amide bonds. The Kier molecular flexibility index (Phi) is 9.07. The molecule has 3 N–H and O–H groups in total. The Morgan fingerprint density at radius 2 is 1.50 bits per heavy atom. The summed E-state index contributed by atoms with van der Waals surface area (Å²) in [5, 5.41) is 18.1. The van der Waals surface area contributed by atoms with Gasteiger partial charge in [0.2, 0.25) is 0 Å². The zero-order valence-electron chi connectivity index (χ0n) is 21.0. The van der Waals surface area contributed by atoms with Crippen LogP contribution in [0.3, 0.4) is 0 Å². The van der Waals surface area contributed by atoms with Crippen molar-refractivity contribution in [1.29, 1.82) is 0 Å². The molecular weight excluding hydrogens is 548 g/mol. The Morgan fingerprint density at radius 3 is 2.02 bits per heavy atom. The van der Waals surface area contributed by atoms with Gasteiger partial charge >= 0.3 is 24.3 Å². The number of fused-ring (bicyclic) bond motifs is 4. The number of likely N-dealkylation sites (tertiary alicyclic amines) is 1. The molecule has 1 fully saturated rings. The van der Waals surface area contributed by atoms with Crippen LogP contribution in [0.1, 0.15) is 29.8 Å². The van der Waals surface area contributed by atoms with Crippen molar-refractivity contribution in [3.05, 3.63) is 71.9 Å². The van der Waals surface area contributed by atoms with Crippen LogP contribution in [0.4, 0.5) is 32.0 Å². The van der Waals surface area contributed by atoms with Gasteiger partial charge in [0.15, 0.2) is 5.82 Å². The first-order chi connectivity index (χ1) is 18.6. The van der Waals surface area contributed by atoms with E-state index in [1.165, 1.54) is 11.3 Å². The van der Waals surface area contributed by atoms with Gasteiger partial charge in [0, 0.05) is 25.3 Å². The number of aromatic nitrogens is 3. The molecule has 216 valence electrons. The van der Waals surface area contributed by atoms with Crippen molar-refractivity contribution in [3.8, 4) is 5.82 Å². The van der Waals surface area contributed by atoms with Crippen molar-refractivity contribution in [3.63, 3.8) is 0 Å². The van der Waals surface area contributed by atoms with Crippen LogP contribution in [0.2, 0.25) is 0 Å². The fourth-order valence-corrected chi connectivity index (χ4v) is 4.28. The second-order valence-electron chi connectivity index (χ2n) is 9.05.